The minimum Gasteiger partial charge on any atom is -0.344 e. The Morgan fingerprint density at radius 2 is 2.11 bits per heavy atom. The number of nitrogens with one attached hydrogen (secondary N) is 1. The zero-order valence-electron chi connectivity index (χ0n) is 10.5. The Labute approximate surface area is 109 Å². The molecule has 4 nitrogen and oxygen atoms in total. The second-order valence-corrected chi connectivity index (χ2v) is 4.34. The summed E-state index contributed by atoms with van der Waals surface area (Å²) in [6, 6.07) is 2.96. The SMILES string of the molecule is CCC1NC(=O)CCN(c2cccc(F)c2F)C1=O. The summed E-state index contributed by atoms with van der Waals surface area (Å²) >= 11 is 0. The lowest BCUT2D eigenvalue weighted by Gasteiger charge is -2.23. The van der Waals surface area contributed by atoms with Crippen molar-refractivity contribution in [3.63, 3.8) is 0 Å². The molecular formula is C13H14F2N2O2. The second kappa shape index (κ2) is 5.34. The Bertz CT molecular complexity index is 519. The molecular weight excluding hydrogens is 254 g/mol. The Kier molecular flexibility index (Phi) is 3.78. The maximum Gasteiger partial charge on any atom is 0.249 e. The molecule has 19 heavy (non-hydrogen) atoms. The number of hydrogen-bond acceptors (Lipinski definition) is 2. The van der Waals surface area contributed by atoms with Gasteiger partial charge in [0.1, 0.15) is 6.04 Å². The normalized spacial score (nSPS) is 20.2. The summed E-state index contributed by atoms with van der Waals surface area (Å²) in [7, 11) is 0. The van der Waals surface area contributed by atoms with Gasteiger partial charge in [-0.2, -0.15) is 0 Å². The average Bonchev–Trinajstić information content (AvgIpc) is 2.53. The van der Waals surface area contributed by atoms with Crippen LogP contribution in [0.25, 0.3) is 0 Å². The average molecular weight is 268 g/mol. The van der Waals surface area contributed by atoms with Crippen molar-refractivity contribution in [1.82, 2.24) is 5.32 Å². The third-order valence-electron chi connectivity index (χ3n) is 3.09. The minimum atomic E-state index is -1.07. The molecule has 1 fully saturated rings. The third kappa shape index (κ3) is 2.57. The number of carbonyl (C=O) groups is 2. The predicted molar refractivity (Wildman–Crippen MR) is 65.5 cm³/mol. The molecule has 0 aliphatic carbocycles. The van der Waals surface area contributed by atoms with Crippen molar-refractivity contribution >= 4 is 17.5 Å². The Morgan fingerprint density at radius 1 is 1.37 bits per heavy atom. The molecule has 1 atom stereocenters. The fourth-order valence-corrected chi connectivity index (χ4v) is 2.06. The maximum atomic E-state index is 13.7. The summed E-state index contributed by atoms with van der Waals surface area (Å²) in [6.07, 6.45) is 0.468. The Balaban J connectivity index is 2.39. The first-order chi connectivity index (χ1) is 9.04. The van der Waals surface area contributed by atoms with Gasteiger partial charge in [-0.05, 0) is 18.6 Å². The largest absolute Gasteiger partial charge is 0.344 e. The van der Waals surface area contributed by atoms with Crippen LogP contribution < -0.4 is 10.2 Å². The van der Waals surface area contributed by atoms with Gasteiger partial charge in [0.2, 0.25) is 11.8 Å². The number of halogens is 2. The minimum absolute atomic E-state index is 0.0432. The van der Waals surface area contributed by atoms with E-state index in [0.717, 1.165) is 11.0 Å². The first-order valence-electron chi connectivity index (χ1n) is 6.09. The first kappa shape index (κ1) is 13.5. The monoisotopic (exact) mass is 268 g/mol. The van der Waals surface area contributed by atoms with Crippen molar-refractivity contribution in [1.29, 1.82) is 0 Å². The van der Waals surface area contributed by atoms with Crippen molar-refractivity contribution in [3.05, 3.63) is 29.8 Å². The van der Waals surface area contributed by atoms with E-state index in [-0.39, 0.29) is 24.6 Å². The number of rotatable bonds is 2. The molecule has 2 amide bonds. The molecule has 0 radical (unpaired) electrons. The van der Waals surface area contributed by atoms with Gasteiger partial charge in [-0.25, -0.2) is 8.78 Å². The topological polar surface area (TPSA) is 49.4 Å². The van der Waals surface area contributed by atoms with Crippen LogP contribution in [0.15, 0.2) is 18.2 Å². The molecule has 1 aromatic rings. The molecule has 0 saturated carbocycles. The van der Waals surface area contributed by atoms with Crippen LogP contribution in [-0.4, -0.2) is 24.4 Å². The van der Waals surface area contributed by atoms with Gasteiger partial charge in [0.15, 0.2) is 11.6 Å². The quantitative estimate of drug-likeness (QED) is 0.885. The molecule has 1 saturated heterocycles. The highest BCUT2D eigenvalue weighted by Gasteiger charge is 2.31. The van der Waals surface area contributed by atoms with Crippen LogP contribution >= 0.6 is 0 Å². The van der Waals surface area contributed by atoms with Gasteiger partial charge in [0.25, 0.3) is 0 Å². The zero-order chi connectivity index (χ0) is 14.0. The van der Waals surface area contributed by atoms with E-state index in [1.165, 1.54) is 12.1 Å². The van der Waals surface area contributed by atoms with E-state index in [1.807, 2.05) is 0 Å². The fraction of sp³-hybridized carbons (Fsp3) is 0.385. The van der Waals surface area contributed by atoms with Crippen molar-refractivity contribution < 1.29 is 18.4 Å². The molecule has 1 aliphatic heterocycles. The lowest BCUT2D eigenvalue weighted by atomic mass is 10.2. The van der Waals surface area contributed by atoms with Crippen molar-refractivity contribution in [2.24, 2.45) is 0 Å². The van der Waals surface area contributed by atoms with Gasteiger partial charge in [-0.15, -0.1) is 0 Å². The fourth-order valence-electron chi connectivity index (χ4n) is 2.06. The number of amides is 2. The summed E-state index contributed by atoms with van der Waals surface area (Å²) in [6.45, 7) is 1.79. The number of benzene rings is 1. The molecule has 0 spiro atoms. The summed E-state index contributed by atoms with van der Waals surface area (Å²) in [5.74, 6) is -2.76. The van der Waals surface area contributed by atoms with Crippen LogP contribution in [0.3, 0.4) is 0 Å². The summed E-state index contributed by atoms with van der Waals surface area (Å²) in [5.41, 5.74) is -0.125. The van der Waals surface area contributed by atoms with Crippen molar-refractivity contribution in [3.8, 4) is 0 Å². The molecule has 6 heteroatoms. The standard InChI is InChI=1S/C13H14F2N2O2/c1-2-9-13(19)17(7-6-11(18)16-9)10-5-3-4-8(14)12(10)15/h3-5,9H,2,6-7H2,1H3,(H,16,18). The van der Waals surface area contributed by atoms with E-state index >= 15 is 0 Å². The van der Waals surface area contributed by atoms with Crippen LogP contribution in [0.4, 0.5) is 14.5 Å². The highest BCUT2D eigenvalue weighted by molar-refractivity contribution is 6.01. The maximum absolute atomic E-state index is 13.7. The van der Waals surface area contributed by atoms with Gasteiger partial charge >= 0.3 is 0 Å². The highest BCUT2D eigenvalue weighted by atomic mass is 19.2. The van der Waals surface area contributed by atoms with Gasteiger partial charge in [0, 0.05) is 13.0 Å². The molecule has 1 aliphatic rings. The van der Waals surface area contributed by atoms with E-state index in [1.54, 1.807) is 6.92 Å². The van der Waals surface area contributed by atoms with E-state index < -0.39 is 23.6 Å². The van der Waals surface area contributed by atoms with Gasteiger partial charge in [-0.3, -0.25) is 9.59 Å². The summed E-state index contributed by atoms with van der Waals surface area (Å²) in [4.78, 5) is 24.8. The Morgan fingerprint density at radius 3 is 2.79 bits per heavy atom. The zero-order valence-corrected chi connectivity index (χ0v) is 10.5. The van der Waals surface area contributed by atoms with Gasteiger partial charge in [-0.1, -0.05) is 13.0 Å². The lowest BCUT2D eigenvalue weighted by molar-refractivity contribution is -0.125. The van der Waals surface area contributed by atoms with Gasteiger partial charge < -0.3 is 10.2 Å². The van der Waals surface area contributed by atoms with Crippen molar-refractivity contribution in [2.75, 3.05) is 11.4 Å². The molecule has 2 rings (SSSR count). The number of carbonyl (C=O) groups excluding carboxylic acids is 2. The summed E-state index contributed by atoms with van der Waals surface area (Å²) < 4.78 is 27.0. The molecule has 1 unspecified atom stereocenters. The smallest absolute Gasteiger partial charge is 0.249 e. The van der Waals surface area contributed by atoms with Crippen LogP contribution in [0.1, 0.15) is 19.8 Å². The van der Waals surface area contributed by atoms with Crippen molar-refractivity contribution in [2.45, 2.75) is 25.8 Å². The van der Waals surface area contributed by atoms with Crippen LogP contribution in [0.2, 0.25) is 0 Å². The van der Waals surface area contributed by atoms with E-state index in [9.17, 15) is 18.4 Å². The third-order valence-corrected chi connectivity index (χ3v) is 3.09. The highest BCUT2D eigenvalue weighted by Crippen LogP contribution is 2.23. The number of anilines is 1. The number of hydrogen-bond donors (Lipinski definition) is 1. The second-order valence-electron chi connectivity index (χ2n) is 4.34. The van der Waals surface area contributed by atoms with Gasteiger partial charge in [0.05, 0.1) is 5.69 Å². The molecule has 0 bridgehead atoms. The number of nitrogens with zero attached hydrogens (tertiary/aromatic N) is 1. The molecule has 1 heterocycles. The molecule has 1 aromatic carbocycles. The predicted octanol–water partition coefficient (Wildman–Crippen LogP) is 1.60. The van der Waals surface area contributed by atoms with Crippen LogP contribution in [-0.2, 0) is 9.59 Å². The van der Waals surface area contributed by atoms with E-state index in [4.69, 9.17) is 0 Å². The van der Waals surface area contributed by atoms with E-state index in [2.05, 4.69) is 5.32 Å². The summed E-state index contributed by atoms with van der Waals surface area (Å²) in [5, 5.41) is 2.57. The Hall–Kier alpha value is -1.98. The molecule has 0 aromatic heterocycles. The lowest BCUT2D eigenvalue weighted by Crippen LogP contribution is -2.44. The van der Waals surface area contributed by atoms with E-state index in [0.29, 0.717) is 6.42 Å². The van der Waals surface area contributed by atoms with Crippen LogP contribution in [0.5, 0.6) is 0 Å². The van der Waals surface area contributed by atoms with Crippen LogP contribution in [0, 0.1) is 11.6 Å². The molecule has 1 N–H and O–H groups in total. The first-order valence-corrected chi connectivity index (χ1v) is 6.09. The molecule has 102 valence electrons.